The summed E-state index contributed by atoms with van der Waals surface area (Å²) in [5.74, 6) is 3.22. The normalized spacial score (nSPS) is 16.9. The van der Waals surface area contributed by atoms with E-state index in [2.05, 4.69) is 24.1 Å². The lowest BCUT2D eigenvalue weighted by molar-refractivity contribution is 0.0331. The molecule has 2 aliphatic rings. The molecule has 0 amide bonds. The van der Waals surface area contributed by atoms with Gasteiger partial charge in [0.05, 0.1) is 25.1 Å². The van der Waals surface area contributed by atoms with E-state index in [1.807, 2.05) is 18.2 Å². The van der Waals surface area contributed by atoms with E-state index >= 15 is 0 Å². The summed E-state index contributed by atoms with van der Waals surface area (Å²) in [6, 6.07) is 5.91. The standard InChI is InChI=1S/C21H24N4O3S/c1-13-14(2)29-21-19(13)20(23-18(24-21)12-25-5-7-26-8-6-25)22-15-3-4-16-17(11-15)28-10-9-27-16/h3-4,11H,5-10,12H2,1-2H3,(H,22,23,24). The van der Waals surface area contributed by atoms with Crippen molar-refractivity contribution in [3.8, 4) is 11.5 Å². The van der Waals surface area contributed by atoms with Crippen LogP contribution in [0.1, 0.15) is 16.3 Å². The Morgan fingerprint density at radius 3 is 2.66 bits per heavy atom. The number of hydrogen-bond acceptors (Lipinski definition) is 8. The van der Waals surface area contributed by atoms with E-state index in [4.69, 9.17) is 24.2 Å². The summed E-state index contributed by atoms with van der Waals surface area (Å²) >= 11 is 1.72. The van der Waals surface area contributed by atoms with Crippen LogP contribution in [-0.4, -0.2) is 54.4 Å². The SMILES string of the molecule is Cc1sc2nc(CN3CCOCC3)nc(Nc3ccc4c(c3)OCCO4)c2c1C. The van der Waals surface area contributed by atoms with Crippen LogP contribution in [0.25, 0.3) is 10.2 Å². The van der Waals surface area contributed by atoms with Crippen LogP contribution in [0.3, 0.4) is 0 Å². The van der Waals surface area contributed by atoms with Crippen molar-refractivity contribution in [1.29, 1.82) is 0 Å². The van der Waals surface area contributed by atoms with Crippen molar-refractivity contribution < 1.29 is 14.2 Å². The average molecular weight is 413 g/mol. The number of aromatic nitrogens is 2. The van der Waals surface area contributed by atoms with Gasteiger partial charge in [-0.3, -0.25) is 4.90 Å². The molecule has 1 N–H and O–H groups in total. The minimum absolute atomic E-state index is 0.570. The Hall–Kier alpha value is -2.42. The number of rotatable bonds is 4. The molecule has 7 nitrogen and oxygen atoms in total. The number of morpholine rings is 1. The zero-order valence-electron chi connectivity index (χ0n) is 16.7. The van der Waals surface area contributed by atoms with Crippen molar-refractivity contribution in [2.45, 2.75) is 20.4 Å². The maximum absolute atomic E-state index is 5.73. The van der Waals surface area contributed by atoms with Crippen molar-refractivity contribution in [3.63, 3.8) is 0 Å². The average Bonchev–Trinajstić information content (AvgIpc) is 3.02. The molecule has 0 unspecified atom stereocenters. The minimum Gasteiger partial charge on any atom is -0.486 e. The van der Waals surface area contributed by atoms with Crippen LogP contribution in [0.2, 0.25) is 0 Å². The van der Waals surface area contributed by atoms with Crippen molar-refractivity contribution >= 4 is 33.1 Å². The number of fused-ring (bicyclic) bond motifs is 2. The molecule has 0 saturated carbocycles. The van der Waals surface area contributed by atoms with Crippen LogP contribution < -0.4 is 14.8 Å². The molecular formula is C21H24N4O3S. The molecule has 0 bridgehead atoms. The minimum atomic E-state index is 0.570. The number of nitrogens with zero attached hydrogens (tertiary/aromatic N) is 3. The van der Waals surface area contributed by atoms with E-state index in [1.165, 1.54) is 10.4 Å². The van der Waals surface area contributed by atoms with Crippen molar-refractivity contribution in [3.05, 3.63) is 34.5 Å². The van der Waals surface area contributed by atoms with Crippen LogP contribution in [-0.2, 0) is 11.3 Å². The lowest BCUT2D eigenvalue weighted by Crippen LogP contribution is -2.36. The third kappa shape index (κ3) is 3.75. The Morgan fingerprint density at radius 2 is 1.83 bits per heavy atom. The van der Waals surface area contributed by atoms with E-state index in [1.54, 1.807) is 11.3 Å². The third-order valence-corrected chi connectivity index (χ3v) is 6.45. The highest BCUT2D eigenvalue weighted by Gasteiger charge is 2.19. The molecule has 1 saturated heterocycles. The molecule has 1 fully saturated rings. The topological polar surface area (TPSA) is 68.7 Å². The third-order valence-electron chi connectivity index (χ3n) is 5.35. The van der Waals surface area contributed by atoms with Gasteiger partial charge in [-0.05, 0) is 31.5 Å². The molecule has 1 aromatic carbocycles. The largest absolute Gasteiger partial charge is 0.486 e. The summed E-state index contributed by atoms with van der Waals surface area (Å²) in [5, 5.41) is 4.60. The Bertz CT molecular complexity index is 1050. The molecule has 0 aliphatic carbocycles. The maximum Gasteiger partial charge on any atom is 0.163 e. The predicted molar refractivity (Wildman–Crippen MR) is 114 cm³/mol. The van der Waals surface area contributed by atoms with Crippen LogP contribution >= 0.6 is 11.3 Å². The van der Waals surface area contributed by atoms with Gasteiger partial charge in [-0.2, -0.15) is 0 Å². The summed E-state index contributed by atoms with van der Waals surface area (Å²) in [6.45, 7) is 9.51. The Morgan fingerprint density at radius 1 is 1.03 bits per heavy atom. The van der Waals surface area contributed by atoms with E-state index in [0.29, 0.717) is 13.2 Å². The first kappa shape index (κ1) is 18.6. The van der Waals surface area contributed by atoms with Crippen molar-refractivity contribution in [1.82, 2.24) is 14.9 Å². The summed E-state index contributed by atoms with van der Waals surface area (Å²) in [4.78, 5) is 14.4. The number of thiophene rings is 1. The molecule has 4 heterocycles. The number of hydrogen-bond donors (Lipinski definition) is 1. The molecule has 2 aromatic heterocycles. The van der Waals surface area contributed by atoms with Crippen molar-refractivity contribution in [2.75, 3.05) is 44.8 Å². The molecule has 5 rings (SSSR count). The van der Waals surface area contributed by atoms with Crippen LogP contribution in [0, 0.1) is 13.8 Å². The zero-order valence-corrected chi connectivity index (χ0v) is 17.5. The fourth-order valence-corrected chi connectivity index (χ4v) is 4.72. The van der Waals surface area contributed by atoms with Gasteiger partial charge in [0.25, 0.3) is 0 Å². The number of aryl methyl sites for hydroxylation is 2. The van der Waals surface area contributed by atoms with Gasteiger partial charge in [0.15, 0.2) is 11.5 Å². The second-order valence-electron chi connectivity index (χ2n) is 7.32. The van der Waals surface area contributed by atoms with Gasteiger partial charge in [0.1, 0.15) is 29.7 Å². The van der Waals surface area contributed by atoms with E-state index in [0.717, 1.165) is 71.9 Å². The van der Waals surface area contributed by atoms with E-state index in [9.17, 15) is 0 Å². The Balaban J connectivity index is 1.50. The van der Waals surface area contributed by atoms with E-state index < -0.39 is 0 Å². The second-order valence-corrected chi connectivity index (χ2v) is 8.53. The van der Waals surface area contributed by atoms with Gasteiger partial charge in [-0.25, -0.2) is 9.97 Å². The van der Waals surface area contributed by atoms with Crippen LogP contribution in [0.5, 0.6) is 11.5 Å². The lowest BCUT2D eigenvalue weighted by atomic mass is 10.2. The monoisotopic (exact) mass is 412 g/mol. The first-order valence-corrected chi connectivity index (χ1v) is 10.7. The van der Waals surface area contributed by atoms with Gasteiger partial charge in [-0.15, -0.1) is 11.3 Å². The second kappa shape index (κ2) is 7.78. The zero-order chi connectivity index (χ0) is 19.8. The molecule has 0 spiro atoms. The van der Waals surface area contributed by atoms with Gasteiger partial charge in [0, 0.05) is 29.7 Å². The summed E-state index contributed by atoms with van der Waals surface area (Å²) < 4.78 is 16.8. The lowest BCUT2D eigenvalue weighted by Gasteiger charge is -2.25. The molecule has 0 radical (unpaired) electrons. The molecule has 8 heteroatoms. The molecule has 29 heavy (non-hydrogen) atoms. The number of benzene rings is 1. The van der Waals surface area contributed by atoms with Gasteiger partial charge < -0.3 is 19.5 Å². The summed E-state index contributed by atoms with van der Waals surface area (Å²) in [6.07, 6.45) is 0. The molecular weight excluding hydrogens is 388 g/mol. The van der Waals surface area contributed by atoms with Gasteiger partial charge >= 0.3 is 0 Å². The fraction of sp³-hybridized carbons (Fsp3) is 0.429. The first-order valence-electron chi connectivity index (χ1n) is 9.91. The van der Waals surface area contributed by atoms with Crippen LogP contribution in [0.4, 0.5) is 11.5 Å². The highest BCUT2D eigenvalue weighted by Crippen LogP contribution is 2.37. The number of anilines is 2. The molecule has 3 aromatic rings. The summed E-state index contributed by atoms with van der Waals surface area (Å²) in [5.41, 5.74) is 2.15. The Kier molecular flexibility index (Phi) is 4.99. The van der Waals surface area contributed by atoms with E-state index in [-0.39, 0.29) is 0 Å². The maximum atomic E-state index is 5.73. The van der Waals surface area contributed by atoms with Gasteiger partial charge in [-0.1, -0.05) is 0 Å². The molecule has 0 atom stereocenters. The number of nitrogens with one attached hydrogen (secondary N) is 1. The highest BCUT2D eigenvalue weighted by atomic mass is 32.1. The highest BCUT2D eigenvalue weighted by molar-refractivity contribution is 7.18. The smallest absolute Gasteiger partial charge is 0.163 e. The first-order chi connectivity index (χ1) is 14.2. The van der Waals surface area contributed by atoms with Crippen molar-refractivity contribution in [2.24, 2.45) is 0 Å². The van der Waals surface area contributed by atoms with Gasteiger partial charge in [0.2, 0.25) is 0 Å². The number of ether oxygens (including phenoxy) is 3. The quantitative estimate of drug-likeness (QED) is 0.701. The summed E-state index contributed by atoms with van der Waals surface area (Å²) in [7, 11) is 0. The predicted octanol–water partition coefficient (Wildman–Crippen LogP) is 3.66. The molecule has 2 aliphatic heterocycles. The fourth-order valence-electron chi connectivity index (χ4n) is 3.67. The van der Waals surface area contributed by atoms with Crippen LogP contribution in [0.15, 0.2) is 18.2 Å². The Labute approximate surface area is 173 Å². The molecule has 152 valence electrons.